The van der Waals surface area contributed by atoms with E-state index in [4.69, 9.17) is 14.6 Å². The lowest BCUT2D eigenvalue weighted by Gasteiger charge is -2.26. The third-order valence-electron chi connectivity index (χ3n) is 2.87. The number of hydrogen-bond acceptors (Lipinski definition) is 3. The molecule has 2 rings (SSSR count). The molecule has 0 aliphatic carbocycles. The zero-order chi connectivity index (χ0) is 11.5. The van der Waals surface area contributed by atoms with Crippen LogP contribution in [-0.4, -0.2) is 32.1 Å². The van der Waals surface area contributed by atoms with Gasteiger partial charge in [0.1, 0.15) is 11.5 Å². The second kappa shape index (κ2) is 5.03. The van der Waals surface area contributed by atoms with E-state index < -0.39 is 0 Å². The lowest BCUT2D eigenvalue weighted by molar-refractivity contribution is 0.147. The first-order valence-electron chi connectivity index (χ1n) is 5.40. The number of benzene rings is 1. The smallest absolute Gasteiger partial charge is 0.130 e. The second-order valence-corrected chi connectivity index (χ2v) is 5.02. The molecule has 16 heavy (non-hydrogen) atoms. The number of rotatable bonds is 3. The first-order valence-corrected chi connectivity index (χ1v) is 6.90. The molecule has 2 unspecified atom stereocenters. The standard InChI is InChI=1S/C12H17O3P/c1-14-10-4-9-3-8(6-13)7-15-12(9)11(5-10)16-2/h4-5,8,13,16H,3,6-7H2,1-2H3. The summed E-state index contributed by atoms with van der Waals surface area (Å²) in [5.41, 5.74) is 1.16. The maximum absolute atomic E-state index is 9.16. The Kier molecular flexibility index (Phi) is 3.67. The first kappa shape index (κ1) is 11.7. The maximum atomic E-state index is 9.16. The maximum Gasteiger partial charge on any atom is 0.130 e. The van der Waals surface area contributed by atoms with Gasteiger partial charge in [0, 0.05) is 17.8 Å². The van der Waals surface area contributed by atoms with Crippen LogP contribution in [0.15, 0.2) is 12.1 Å². The SMILES string of the molecule is COc1cc2c(c(PC)c1)OCC(CO)C2. The van der Waals surface area contributed by atoms with Crippen molar-refractivity contribution in [2.24, 2.45) is 5.92 Å². The van der Waals surface area contributed by atoms with Crippen molar-refractivity contribution in [3.8, 4) is 11.5 Å². The van der Waals surface area contributed by atoms with Gasteiger partial charge < -0.3 is 14.6 Å². The molecule has 4 heteroatoms. The summed E-state index contributed by atoms with van der Waals surface area (Å²) in [6.07, 6.45) is 0.876. The molecular formula is C12H17O3P. The molecule has 1 aromatic rings. The van der Waals surface area contributed by atoms with Crippen LogP contribution in [0.1, 0.15) is 5.56 Å². The van der Waals surface area contributed by atoms with Crippen molar-refractivity contribution in [3.05, 3.63) is 17.7 Å². The van der Waals surface area contributed by atoms with Gasteiger partial charge in [-0.15, -0.1) is 0 Å². The molecule has 0 saturated carbocycles. The molecule has 3 nitrogen and oxygen atoms in total. The summed E-state index contributed by atoms with van der Waals surface area (Å²) in [7, 11) is 2.37. The predicted molar refractivity (Wildman–Crippen MR) is 66.6 cm³/mol. The van der Waals surface area contributed by atoms with Crippen LogP contribution in [0, 0.1) is 5.92 Å². The molecule has 0 bridgehead atoms. The van der Waals surface area contributed by atoms with Crippen LogP contribution in [0.25, 0.3) is 0 Å². The Morgan fingerprint density at radius 1 is 1.56 bits per heavy atom. The molecule has 1 N–H and O–H groups in total. The van der Waals surface area contributed by atoms with Crippen LogP contribution in [0.2, 0.25) is 0 Å². The van der Waals surface area contributed by atoms with Gasteiger partial charge in [-0.2, -0.15) is 0 Å². The highest BCUT2D eigenvalue weighted by Gasteiger charge is 2.22. The summed E-state index contributed by atoms with van der Waals surface area (Å²) in [5, 5.41) is 10.4. The topological polar surface area (TPSA) is 38.7 Å². The van der Waals surface area contributed by atoms with Crippen LogP contribution in [0.4, 0.5) is 0 Å². The quantitative estimate of drug-likeness (QED) is 0.806. The van der Waals surface area contributed by atoms with Gasteiger partial charge in [0.2, 0.25) is 0 Å². The fraction of sp³-hybridized carbons (Fsp3) is 0.500. The van der Waals surface area contributed by atoms with E-state index in [-0.39, 0.29) is 12.5 Å². The average molecular weight is 240 g/mol. The zero-order valence-corrected chi connectivity index (χ0v) is 10.6. The normalized spacial score (nSPS) is 19.6. The number of hydrogen-bond donors (Lipinski definition) is 1. The Morgan fingerprint density at radius 3 is 3.00 bits per heavy atom. The summed E-state index contributed by atoms with van der Waals surface area (Å²) in [6.45, 7) is 2.93. The van der Waals surface area contributed by atoms with E-state index in [0.29, 0.717) is 15.2 Å². The Labute approximate surface area is 97.6 Å². The van der Waals surface area contributed by atoms with Crippen molar-refractivity contribution in [2.75, 3.05) is 27.0 Å². The van der Waals surface area contributed by atoms with Crippen molar-refractivity contribution in [2.45, 2.75) is 6.42 Å². The number of fused-ring (bicyclic) bond motifs is 1. The number of methoxy groups -OCH3 is 1. The van der Waals surface area contributed by atoms with Crippen molar-refractivity contribution in [3.63, 3.8) is 0 Å². The molecule has 0 saturated heterocycles. The van der Waals surface area contributed by atoms with Crippen LogP contribution >= 0.6 is 8.58 Å². The zero-order valence-electron chi connectivity index (χ0n) is 9.62. The number of aliphatic hydroxyl groups is 1. The Morgan fingerprint density at radius 2 is 2.38 bits per heavy atom. The summed E-state index contributed by atoms with van der Waals surface area (Å²) >= 11 is 0. The van der Waals surface area contributed by atoms with Gasteiger partial charge in [-0.1, -0.05) is 8.58 Å². The van der Waals surface area contributed by atoms with Crippen molar-refractivity contribution < 1.29 is 14.6 Å². The number of ether oxygens (including phenoxy) is 2. The molecule has 0 spiro atoms. The summed E-state index contributed by atoms with van der Waals surface area (Å²) in [5.74, 6) is 2.10. The van der Waals surface area contributed by atoms with Gasteiger partial charge >= 0.3 is 0 Å². The molecule has 2 atom stereocenters. The molecule has 0 radical (unpaired) electrons. The molecule has 1 aliphatic rings. The van der Waals surface area contributed by atoms with Gasteiger partial charge in [-0.05, 0) is 30.8 Å². The van der Waals surface area contributed by atoms with E-state index in [1.54, 1.807) is 7.11 Å². The van der Waals surface area contributed by atoms with E-state index in [1.165, 1.54) is 5.30 Å². The summed E-state index contributed by atoms with van der Waals surface area (Å²) in [6, 6.07) is 4.05. The third-order valence-corrected chi connectivity index (χ3v) is 3.78. The van der Waals surface area contributed by atoms with Crippen LogP contribution in [-0.2, 0) is 6.42 Å². The molecule has 1 aromatic carbocycles. The van der Waals surface area contributed by atoms with Gasteiger partial charge in [0.05, 0.1) is 13.7 Å². The molecule has 88 valence electrons. The van der Waals surface area contributed by atoms with Crippen LogP contribution < -0.4 is 14.8 Å². The molecule has 0 aromatic heterocycles. The highest BCUT2D eigenvalue weighted by Crippen LogP contribution is 2.32. The van der Waals surface area contributed by atoms with Gasteiger partial charge in [-0.25, -0.2) is 0 Å². The fourth-order valence-corrected chi connectivity index (χ4v) is 2.72. The first-order chi connectivity index (χ1) is 7.78. The minimum absolute atomic E-state index is 0.181. The molecular weight excluding hydrogens is 223 g/mol. The highest BCUT2D eigenvalue weighted by atomic mass is 31.1. The molecule has 0 fully saturated rings. The van der Waals surface area contributed by atoms with E-state index in [2.05, 4.69) is 6.66 Å². The highest BCUT2D eigenvalue weighted by molar-refractivity contribution is 7.46. The molecule has 1 aliphatic heterocycles. The van der Waals surface area contributed by atoms with Gasteiger partial charge in [-0.3, -0.25) is 0 Å². The minimum atomic E-state index is 0.181. The largest absolute Gasteiger partial charge is 0.497 e. The molecule has 1 heterocycles. The third kappa shape index (κ3) is 2.16. The lowest BCUT2D eigenvalue weighted by atomic mass is 9.97. The second-order valence-electron chi connectivity index (χ2n) is 3.98. The fourth-order valence-electron chi connectivity index (χ4n) is 1.97. The van der Waals surface area contributed by atoms with Gasteiger partial charge in [0.15, 0.2) is 0 Å². The Bertz CT molecular complexity index is 379. The lowest BCUT2D eigenvalue weighted by Crippen LogP contribution is -2.26. The predicted octanol–water partition coefficient (Wildman–Crippen LogP) is 1.17. The van der Waals surface area contributed by atoms with Crippen LogP contribution in [0.5, 0.6) is 11.5 Å². The van der Waals surface area contributed by atoms with E-state index in [1.807, 2.05) is 12.1 Å². The summed E-state index contributed by atoms with van der Waals surface area (Å²) in [4.78, 5) is 0. The van der Waals surface area contributed by atoms with E-state index in [9.17, 15) is 0 Å². The van der Waals surface area contributed by atoms with Crippen molar-refractivity contribution in [1.82, 2.24) is 0 Å². The minimum Gasteiger partial charge on any atom is -0.497 e. The van der Waals surface area contributed by atoms with E-state index >= 15 is 0 Å². The van der Waals surface area contributed by atoms with Crippen molar-refractivity contribution >= 4 is 13.9 Å². The van der Waals surface area contributed by atoms with Crippen LogP contribution in [0.3, 0.4) is 0 Å². The average Bonchev–Trinajstić information content (AvgIpc) is 2.36. The molecule has 0 amide bonds. The summed E-state index contributed by atoms with van der Waals surface area (Å²) < 4.78 is 11.0. The Balaban J connectivity index is 2.38. The van der Waals surface area contributed by atoms with E-state index in [0.717, 1.165) is 23.5 Å². The van der Waals surface area contributed by atoms with Crippen molar-refractivity contribution in [1.29, 1.82) is 0 Å². The Hall–Kier alpha value is -0.790. The van der Waals surface area contributed by atoms with Gasteiger partial charge in [0.25, 0.3) is 0 Å². The monoisotopic (exact) mass is 240 g/mol. The number of aliphatic hydroxyl groups excluding tert-OH is 1.